The molecule has 0 radical (unpaired) electrons. The van der Waals surface area contributed by atoms with Gasteiger partial charge in [0.05, 0.1) is 20.3 Å². The molecular formula is C27H25FN4O3S. The minimum Gasteiger partial charge on any atom is -0.497 e. The number of benzene rings is 3. The van der Waals surface area contributed by atoms with Gasteiger partial charge in [-0.3, -0.25) is 9.36 Å². The largest absolute Gasteiger partial charge is 0.497 e. The normalized spacial score (nSPS) is 13.6. The molecular weight excluding hydrogens is 479 g/mol. The SMILES string of the molecule is COc1cccc(-c2nnc(SCc3ccccc3C(=O)N3CCOCC3)n2-c2ccc(F)cc2)c1. The maximum atomic E-state index is 13.7. The summed E-state index contributed by atoms with van der Waals surface area (Å²) in [6.07, 6.45) is 0. The number of morpholine rings is 1. The fourth-order valence-electron chi connectivity index (χ4n) is 4.07. The molecule has 2 heterocycles. The van der Waals surface area contributed by atoms with E-state index in [4.69, 9.17) is 9.47 Å². The molecule has 184 valence electrons. The minimum absolute atomic E-state index is 0.00608. The fourth-order valence-corrected chi connectivity index (χ4v) is 5.03. The molecule has 5 rings (SSSR count). The maximum absolute atomic E-state index is 13.7. The Kier molecular flexibility index (Phi) is 7.29. The molecule has 1 aromatic heterocycles. The standard InChI is InChI=1S/C27H25FN4O3S/c1-34-23-7-4-6-19(17-23)25-29-30-27(32(25)22-11-9-21(28)10-12-22)36-18-20-5-2-3-8-24(20)26(33)31-13-15-35-16-14-31/h2-12,17H,13-16,18H2,1H3. The van der Waals surface area contributed by atoms with Gasteiger partial charge in [-0.25, -0.2) is 4.39 Å². The van der Waals surface area contributed by atoms with E-state index in [2.05, 4.69) is 10.2 Å². The second-order valence-corrected chi connectivity index (χ2v) is 9.14. The van der Waals surface area contributed by atoms with Crippen molar-refractivity contribution in [2.75, 3.05) is 33.4 Å². The van der Waals surface area contributed by atoms with Gasteiger partial charge in [0.15, 0.2) is 11.0 Å². The summed E-state index contributed by atoms with van der Waals surface area (Å²) in [6.45, 7) is 2.28. The van der Waals surface area contributed by atoms with Crippen LogP contribution in [0.3, 0.4) is 0 Å². The van der Waals surface area contributed by atoms with Gasteiger partial charge in [0.25, 0.3) is 5.91 Å². The Morgan fingerprint density at radius 1 is 1.03 bits per heavy atom. The van der Waals surface area contributed by atoms with E-state index in [1.54, 1.807) is 19.2 Å². The summed E-state index contributed by atoms with van der Waals surface area (Å²) in [4.78, 5) is 15.0. The zero-order chi connectivity index (χ0) is 24.9. The van der Waals surface area contributed by atoms with Crippen LogP contribution in [0, 0.1) is 5.82 Å². The molecule has 0 aliphatic carbocycles. The molecule has 0 unspecified atom stereocenters. The van der Waals surface area contributed by atoms with Gasteiger partial charge >= 0.3 is 0 Å². The molecule has 7 nitrogen and oxygen atoms in total. The number of carbonyl (C=O) groups excluding carboxylic acids is 1. The van der Waals surface area contributed by atoms with Gasteiger partial charge in [0, 0.05) is 35.7 Å². The van der Waals surface area contributed by atoms with Crippen LogP contribution < -0.4 is 4.74 Å². The number of thioether (sulfide) groups is 1. The molecule has 4 aromatic rings. The number of methoxy groups -OCH3 is 1. The molecule has 0 bridgehead atoms. The molecule has 36 heavy (non-hydrogen) atoms. The van der Waals surface area contributed by atoms with Crippen molar-refractivity contribution in [2.45, 2.75) is 10.9 Å². The van der Waals surface area contributed by atoms with Gasteiger partial charge < -0.3 is 14.4 Å². The highest BCUT2D eigenvalue weighted by Crippen LogP contribution is 2.32. The third kappa shape index (κ3) is 5.12. The second-order valence-electron chi connectivity index (χ2n) is 8.20. The molecule has 0 spiro atoms. The molecule has 1 fully saturated rings. The number of nitrogens with zero attached hydrogens (tertiary/aromatic N) is 4. The number of carbonyl (C=O) groups is 1. The van der Waals surface area contributed by atoms with Gasteiger partial charge in [-0.1, -0.05) is 42.1 Å². The Hall–Kier alpha value is -3.69. The van der Waals surface area contributed by atoms with E-state index in [0.29, 0.717) is 54.3 Å². The zero-order valence-electron chi connectivity index (χ0n) is 19.8. The van der Waals surface area contributed by atoms with Crippen LogP contribution in [-0.4, -0.2) is 59.0 Å². The number of ether oxygens (including phenoxy) is 2. The van der Waals surface area contributed by atoms with E-state index in [9.17, 15) is 9.18 Å². The fraction of sp³-hybridized carbons (Fsp3) is 0.222. The Morgan fingerprint density at radius 2 is 1.81 bits per heavy atom. The average molecular weight is 505 g/mol. The van der Waals surface area contributed by atoms with Crippen molar-refractivity contribution in [1.29, 1.82) is 0 Å². The number of rotatable bonds is 7. The van der Waals surface area contributed by atoms with Crippen molar-refractivity contribution in [3.05, 3.63) is 89.7 Å². The van der Waals surface area contributed by atoms with Gasteiger partial charge in [0.1, 0.15) is 11.6 Å². The first-order valence-electron chi connectivity index (χ1n) is 11.6. The molecule has 1 aliphatic heterocycles. The molecule has 9 heteroatoms. The van der Waals surface area contributed by atoms with E-state index in [0.717, 1.165) is 16.8 Å². The molecule has 0 atom stereocenters. The summed E-state index contributed by atoms with van der Waals surface area (Å²) >= 11 is 1.47. The lowest BCUT2D eigenvalue weighted by Gasteiger charge is -2.27. The lowest BCUT2D eigenvalue weighted by atomic mass is 10.1. The van der Waals surface area contributed by atoms with Crippen molar-refractivity contribution in [3.63, 3.8) is 0 Å². The predicted molar refractivity (Wildman–Crippen MR) is 136 cm³/mol. The maximum Gasteiger partial charge on any atom is 0.254 e. The monoisotopic (exact) mass is 504 g/mol. The van der Waals surface area contributed by atoms with Crippen LogP contribution in [0.25, 0.3) is 17.1 Å². The summed E-state index contributed by atoms with van der Waals surface area (Å²) in [5, 5.41) is 9.55. The molecule has 1 amide bonds. The highest BCUT2D eigenvalue weighted by atomic mass is 32.2. The zero-order valence-corrected chi connectivity index (χ0v) is 20.6. The highest BCUT2D eigenvalue weighted by Gasteiger charge is 2.22. The van der Waals surface area contributed by atoms with Crippen LogP contribution in [0.2, 0.25) is 0 Å². The lowest BCUT2D eigenvalue weighted by molar-refractivity contribution is 0.0302. The Bertz CT molecular complexity index is 1350. The van der Waals surface area contributed by atoms with E-state index in [-0.39, 0.29) is 11.7 Å². The first-order valence-corrected chi connectivity index (χ1v) is 12.6. The summed E-state index contributed by atoms with van der Waals surface area (Å²) in [5.41, 5.74) is 3.14. The topological polar surface area (TPSA) is 69.5 Å². The van der Waals surface area contributed by atoms with E-state index in [1.165, 1.54) is 23.9 Å². The van der Waals surface area contributed by atoms with Gasteiger partial charge in [-0.15, -0.1) is 10.2 Å². The quantitative estimate of drug-likeness (QED) is 0.335. The van der Waals surface area contributed by atoms with Gasteiger partial charge in [-0.2, -0.15) is 0 Å². The average Bonchev–Trinajstić information content (AvgIpc) is 3.36. The van der Waals surface area contributed by atoms with Gasteiger partial charge in [-0.05, 0) is 48.0 Å². The first kappa shape index (κ1) is 24.0. The minimum atomic E-state index is -0.320. The number of amides is 1. The third-order valence-corrected chi connectivity index (χ3v) is 6.93. The molecule has 0 N–H and O–H groups in total. The number of hydrogen-bond donors (Lipinski definition) is 0. The lowest BCUT2D eigenvalue weighted by Crippen LogP contribution is -2.41. The van der Waals surface area contributed by atoms with Crippen LogP contribution in [0.15, 0.2) is 78.0 Å². The van der Waals surface area contributed by atoms with Crippen LogP contribution in [0.4, 0.5) is 4.39 Å². The van der Waals surface area contributed by atoms with Gasteiger partial charge in [0.2, 0.25) is 0 Å². The van der Waals surface area contributed by atoms with Crippen molar-refractivity contribution in [3.8, 4) is 22.8 Å². The molecule has 1 saturated heterocycles. The highest BCUT2D eigenvalue weighted by molar-refractivity contribution is 7.98. The van der Waals surface area contributed by atoms with Crippen LogP contribution >= 0.6 is 11.8 Å². The number of aromatic nitrogens is 3. The van der Waals surface area contributed by atoms with Crippen molar-refractivity contribution in [2.24, 2.45) is 0 Å². The molecule has 3 aromatic carbocycles. The first-order chi connectivity index (χ1) is 17.6. The van der Waals surface area contributed by atoms with Crippen LogP contribution in [0.5, 0.6) is 5.75 Å². The summed E-state index contributed by atoms with van der Waals surface area (Å²) in [6, 6.07) is 21.4. The Labute approximate surface area is 212 Å². The van der Waals surface area contributed by atoms with Crippen LogP contribution in [-0.2, 0) is 10.5 Å². The smallest absolute Gasteiger partial charge is 0.254 e. The summed E-state index contributed by atoms with van der Waals surface area (Å²) in [5.74, 6) is 1.52. The Balaban J connectivity index is 1.47. The Morgan fingerprint density at radius 3 is 2.58 bits per heavy atom. The number of hydrogen-bond acceptors (Lipinski definition) is 6. The molecule has 0 saturated carbocycles. The molecule has 1 aliphatic rings. The van der Waals surface area contributed by atoms with Crippen molar-refractivity contribution in [1.82, 2.24) is 19.7 Å². The van der Waals surface area contributed by atoms with Crippen LogP contribution in [0.1, 0.15) is 15.9 Å². The summed E-state index contributed by atoms with van der Waals surface area (Å²) < 4.78 is 26.4. The predicted octanol–water partition coefficient (Wildman–Crippen LogP) is 4.85. The third-order valence-electron chi connectivity index (χ3n) is 5.95. The van der Waals surface area contributed by atoms with Crippen molar-refractivity contribution < 1.29 is 18.7 Å². The summed E-state index contributed by atoms with van der Waals surface area (Å²) in [7, 11) is 1.61. The van der Waals surface area contributed by atoms with Crippen molar-refractivity contribution >= 4 is 17.7 Å². The van der Waals surface area contributed by atoms with E-state index < -0.39 is 0 Å². The van der Waals surface area contributed by atoms with E-state index in [1.807, 2.05) is 58.0 Å². The second kappa shape index (κ2) is 10.9. The number of halogens is 1. The van der Waals surface area contributed by atoms with E-state index >= 15 is 0 Å².